The van der Waals surface area contributed by atoms with Crippen molar-refractivity contribution in [3.8, 4) is 0 Å². The molecule has 0 radical (unpaired) electrons. The molecule has 0 aliphatic rings. The Bertz CT molecular complexity index is 235. The lowest BCUT2D eigenvalue weighted by Gasteiger charge is -2.05. The van der Waals surface area contributed by atoms with E-state index in [4.69, 9.17) is 4.74 Å². The van der Waals surface area contributed by atoms with Gasteiger partial charge in [-0.2, -0.15) is 0 Å². The molecule has 0 aliphatic heterocycles. The van der Waals surface area contributed by atoms with Crippen LogP contribution in [0, 0.1) is 0 Å². The molecule has 0 bridgehead atoms. The number of ether oxygens (including phenoxy) is 5. The minimum absolute atomic E-state index is 0.0315. The molecular weight excluding hydrogens is 232 g/mol. The van der Waals surface area contributed by atoms with Crippen LogP contribution in [0.5, 0.6) is 0 Å². The fourth-order valence-corrected chi connectivity index (χ4v) is 0.674. The lowest BCUT2D eigenvalue weighted by atomic mass is 10.7. The van der Waals surface area contributed by atoms with Crippen molar-refractivity contribution in [3.63, 3.8) is 0 Å². The molecule has 7 nitrogen and oxygen atoms in total. The van der Waals surface area contributed by atoms with Crippen LogP contribution in [0.1, 0.15) is 0 Å². The zero-order valence-electron chi connectivity index (χ0n) is 9.26. The van der Waals surface area contributed by atoms with E-state index in [1.165, 1.54) is 0 Å². The molecule has 0 unspecified atom stereocenters. The van der Waals surface area contributed by atoms with Crippen molar-refractivity contribution in [1.82, 2.24) is 0 Å². The first-order chi connectivity index (χ1) is 8.20. The van der Waals surface area contributed by atoms with Crippen molar-refractivity contribution in [3.05, 3.63) is 25.7 Å². The van der Waals surface area contributed by atoms with Crippen LogP contribution >= 0.6 is 0 Å². The lowest BCUT2D eigenvalue weighted by Crippen LogP contribution is -2.14. The first-order valence-electron chi connectivity index (χ1n) is 4.67. The van der Waals surface area contributed by atoms with Crippen molar-refractivity contribution in [1.29, 1.82) is 0 Å². The first kappa shape index (κ1) is 15.0. The molecule has 0 heterocycles. The molecule has 0 saturated heterocycles. The van der Waals surface area contributed by atoms with Gasteiger partial charge >= 0.3 is 12.3 Å². The maximum absolute atomic E-state index is 10.6. The smallest absolute Gasteiger partial charge is 0.432 e. The molecule has 0 aromatic heterocycles. The van der Waals surface area contributed by atoms with E-state index in [0.29, 0.717) is 0 Å². The standard InChI is InChI=1S/C10H14O7/c1-3-14-9(11)16-7-5-13-6-8-17-10(12)15-4-2/h3-4H,1-2,5-8H2. The maximum atomic E-state index is 10.6. The van der Waals surface area contributed by atoms with E-state index >= 15 is 0 Å². The van der Waals surface area contributed by atoms with Crippen molar-refractivity contribution in [2.24, 2.45) is 0 Å². The summed E-state index contributed by atoms with van der Waals surface area (Å²) in [6.45, 7) is 6.74. The first-order valence-corrected chi connectivity index (χ1v) is 4.67. The highest BCUT2D eigenvalue weighted by molar-refractivity contribution is 5.60. The number of hydrogen-bond donors (Lipinski definition) is 0. The van der Waals surface area contributed by atoms with Gasteiger partial charge in [0.1, 0.15) is 13.2 Å². The van der Waals surface area contributed by atoms with Crippen LogP contribution < -0.4 is 0 Å². The van der Waals surface area contributed by atoms with Gasteiger partial charge in [0.15, 0.2) is 0 Å². The molecule has 96 valence electrons. The third-order valence-electron chi connectivity index (χ3n) is 1.25. The highest BCUT2D eigenvalue weighted by atomic mass is 16.7. The monoisotopic (exact) mass is 246 g/mol. The summed E-state index contributed by atoms with van der Waals surface area (Å²) in [7, 11) is 0. The second-order valence-electron chi connectivity index (χ2n) is 2.38. The molecule has 0 aromatic carbocycles. The molecule has 0 atom stereocenters. The molecule has 0 spiro atoms. The van der Waals surface area contributed by atoms with Crippen molar-refractivity contribution in [2.45, 2.75) is 0 Å². The number of rotatable bonds is 8. The summed E-state index contributed by atoms with van der Waals surface area (Å²) in [6.07, 6.45) is 0.216. The lowest BCUT2D eigenvalue weighted by molar-refractivity contribution is 0.0203. The minimum Gasteiger partial charge on any atom is -0.432 e. The SMILES string of the molecule is C=COC(=O)OCCOCCOC(=O)OC=C. The van der Waals surface area contributed by atoms with Crippen LogP contribution in [0.25, 0.3) is 0 Å². The fraction of sp³-hybridized carbons (Fsp3) is 0.400. The van der Waals surface area contributed by atoms with Crippen molar-refractivity contribution >= 4 is 12.3 Å². The second kappa shape index (κ2) is 10.5. The topological polar surface area (TPSA) is 80.3 Å². The normalized spacial score (nSPS) is 8.94. The average molecular weight is 246 g/mol. The van der Waals surface area contributed by atoms with Gasteiger partial charge in [0.25, 0.3) is 0 Å². The molecule has 17 heavy (non-hydrogen) atoms. The average Bonchev–Trinajstić information content (AvgIpc) is 2.28. The predicted molar refractivity (Wildman–Crippen MR) is 56.1 cm³/mol. The number of carbonyl (C=O) groups excluding carboxylic acids is 2. The van der Waals surface area contributed by atoms with Gasteiger partial charge in [0, 0.05) is 0 Å². The Morgan fingerprint density at radius 1 is 0.824 bits per heavy atom. The zero-order chi connectivity index (χ0) is 12.9. The number of hydrogen-bond acceptors (Lipinski definition) is 7. The van der Waals surface area contributed by atoms with E-state index in [1.807, 2.05) is 0 Å². The molecule has 0 aliphatic carbocycles. The third-order valence-corrected chi connectivity index (χ3v) is 1.25. The summed E-state index contributed by atoms with van der Waals surface area (Å²) in [5.74, 6) is 0. The summed E-state index contributed by atoms with van der Waals surface area (Å²) in [6, 6.07) is 0. The van der Waals surface area contributed by atoms with Gasteiger partial charge in [-0.05, 0) is 0 Å². The molecule has 0 saturated carbocycles. The van der Waals surface area contributed by atoms with Gasteiger partial charge in [-0.3, -0.25) is 0 Å². The van der Waals surface area contributed by atoms with Crippen molar-refractivity contribution < 1.29 is 33.3 Å². The Labute approximate surface area is 98.5 Å². The van der Waals surface area contributed by atoms with Gasteiger partial charge in [-0.15, -0.1) is 0 Å². The molecule has 0 rings (SSSR count). The van der Waals surface area contributed by atoms with Crippen LogP contribution in [0.15, 0.2) is 25.7 Å². The Hall–Kier alpha value is -2.02. The molecule has 0 fully saturated rings. The highest BCUT2D eigenvalue weighted by Gasteiger charge is 2.02. The maximum Gasteiger partial charge on any atom is 0.513 e. The molecule has 0 N–H and O–H groups in total. The Morgan fingerprint density at radius 3 is 1.59 bits per heavy atom. The summed E-state index contributed by atoms with van der Waals surface area (Å²) in [5, 5.41) is 0. The van der Waals surface area contributed by atoms with Gasteiger partial charge < -0.3 is 23.7 Å². The predicted octanol–water partition coefficient (Wildman–Crippen LogP) is 1.60. The van der Waals surface area contributed by atoms with E-state index in [0.717, 1.165) is 12.5 Å². The Balaban J connectivity index is 3.23. The van der Waals surface area contributed by atoms with E-state index in [-0.39, 0.29) is 26.4 Å². The summed E-state index contributed by atoms with van der Waals surface area (Å²) >= 11 is 0. The summed E-state index contributed by atoms with van der Waals surface area (Å²) < 4.78 is 22.6. The second-order valence-corrected chi connectivity index (χ2v) is 2.38. The van der Waals surface area contributed by atoms with E-state index in [9.17, 15) is 9.59 Å². The Morgan fingerprint density at radius 2 is 1.24 bits per heavy atom. The summed E-state index contributed by atoms with van der Waals surface area (Å²) in [5.41, 5.74) is 0. The third kappa shape index (κ3) is 10.3. The van der Waals surface area contributed by atoms with E-state index < -0.39 is 12.3 Å². The van der Waals surface area contributed by atoms with Crippen LogP contribution in [0.3, 0.4) is 0 Å². The van der Waals surface area contributed by atoms with Gasteiger partial charge in [0.05, 0.1) is 25.7 Å². The van der Waals surface area contributed by atoms with Gasteiger partial charge in [0.2, 0.25) is 0 Å². The van der Waals surface area contributed by atoms with Crippen LogP contribution in [-0.2, 0) is 23.7 Å². The molecule has 0 amide bonds. The molecule has 7 heteroatoms. The molecule has 0 aromatic rings. The zero-order valence-corrected chi connectivity index (χ0v) is 9.26. The molecular formula is C10H14O7. The summed E-state index contributed by atoms with van der Waals surface area (Å²) in [4.78, 5) is 21.3. The van der Waals surface area contributed by atoms with E-state index in [2.05, 4.69) is 32.1 Å². The van der Waals surface area contributed by atoms with Crippen LogP contribution in [0.2, 0.25) is 0 Å². The van der Waals surface area contributed by atoms with Crippen LogP contribution in [-0.4, -0.2) is 38.7 Å². The fourth-order valence-electron chi connectivity index (χ4n) is 0.674. The minimum atomic E-state index is -0.852. The largest absolute Gasteiger partial charge is 0.513 e. The highest BCUT2D eigenvalue weighted by Crippen LogP contribution is 1.88. The quantitative estimate of drug-likeness (QED) is 0.365. The van der Waals surface area contributed by atoms with Crippen molar-refractivity contribution in [2.75, 3.05) is 26.4 Å². The van der Waals surface area contributed by atoms with E-state index in [1.54, 1.807) is 0 Å². The van der Waals surface area contributed by atoms with Gasteiger partial charge in [-0.25, -0.2) is 9.59 Å². The van der Waals surface area contributed by atoms with Gasteiger partial charge in [-0.1, -0.05) is 13.2 Å². The Kier molecular flexibility index (Phi) is 9.25. The van der Waals surface area contributed by atoms with Crippen LogP contribution in [0.4, 0.5) is 9.59 Å². The number of carbonyl (C=O) groups is 2.